The van der Waals surface area contributed by atoms with Gasteiger partial charge in [0.1, 0.15) is 0 Å². The molecule has 0 bridgehead atoms. The fraction of sp³-hybridized carbons (Fsp3) is 0.278. The predicted octanol–water partition coefficient (Wildman–Crippen LogP) is 3.97. The van der Waals surface area contributed by atoms with Crippen LogP contribution in [0.1, 0.15) is 17.5 Å². The lowest BCUT2D eigenvalue weighted by atomic mass is 10.1. The second-order valence-corrected chi connectivity index (χ2v) is 5.76. The van der Waals surface area contributed by atoms with Crippen molar-refractivity contribution in [3.63, 3.8) is 0 Å². The number of aryl methyl sites for hydroxylation is 1. The number of aliphatic imine (C=N–C) groups is 1. The van der Waals surface area contributed by atoms with Crippen LogP contribution < -0.4 is 11.1 Å². The number of nitrogens with one attached hydrogen (secondary N) is 1. The highest BCUT2D eigenvalue weighted by atomic mass is 127. The number of anilines is 1. The maximum absolute atomic E-state index is 5.99. The first-order chi connectivity index (χ1) is 10.2. The van der Waals surface area contributed by atoms with Gasteiger partial charge in [-0.2, -0.15) is 0 Å². The van der Waals surface area contributed by atoms with Gasteiger partial charge in [-0.3, -0.25) is 0 Å². The van der Waals surface area contributed by atoms with E-state index in [1.54, 1.807) is 0 Å². The molecule has 116 valence electrons. The molecule has 22 heavy (non-hydrogen) atoms. The van der Waals surface area contributed by atoms with Gasteiger partial charge in [0.25, 0.3) is 0 Å². The topological polar surface area (TPSA) is 50.4 Å². The van der Waals surface area contributed by atoms with Crippen LogP contribution >= 0.6 is 24.0 Å². The van der Waals surface area contributed by atoms with Gasteiger partial charge in [0, 0.05) is 5.69 Å². The number of rotatable bonds is 4. The minimum atomic E-state index is 0. The third-order valence-corrected chi connectivity index (χ3v) is 3.82. The molecule has 0 radical (unpaired) electrons. The molecule has 1 saturated carbocycles. The standard InChI is InChI=1S/C18H21N3.HI/c1-13-6-5-9-16(10-13)20-18(19)21-17-12-15(17)11-14-7-3-2-4-8-14;/h2-10,15,17H,11-12H2,1H3,(H3,19,20,21);1H. The molecule has 0 spiro atoms. The predicted molar refractivity (Wildman–Crippen MR) is 104 cm³/mol. The van der Waals surface area contributed by atoms with Crippen LogP contribution in [0.5, 0.6) is 0 Å². The van der Waals surface area contributed by atoms with Crippen LogP contribution in [0.4, 0.5) is 5.69 Å². The first-order valence-corrected chi connectivity index (χ1v) is 7.41. The molecule has 1 fully saturated rings. The molecule has 1 aliphatic rings. The van der Waals surface area contributed by atoms with Crippen LogP contribution in [0.25, 0.3) is 0 Å². The van der Waals surface area contributed by atoms with E-state index in [1.165, 1.54) is 11.1 Å². The van der Waals surface area contributed by atoms with E-state index in [9.17, 15) is 0 Å². The third kappa shape index (κ3) is 4.73. The summed E-state index contributed by atoms with van der Waals surface area (Å²) < 4.78 is 0. The van der Waals surface area contributed by atoms with Crippen LogP contribution in [0.15, 0.2) is 59.6 Å². The Kier molecular flexibility index (Phi) is 5.83. The number of benzene rings is 2. The molecule has 3 rings (SSSR count). The Morgan fingerprint density at radius 3 is 2.68 bits per heavy atom. The first kappa shape index (κ1) is 16.8. The molecule has 2 unspecified atom stereocenters. The Morgan fingerprint density at radius 1 is 1.18 bits per heavy atom. The summed E-state index contributed by atoms with van der Waals surface area (Å²) in [5.74, 6) is 1.14. The summed E-state index contributed by atoms with van der Waals surface area (Å²) in [5.41, 5.74) is 9.58. The van der Waals surface area contributed by atoms with Crippen molar-refractivity contribution < 1.29 is 0 Å². The molecule has 0 heterocycles. The van der Waals surface area contributed by atoms with Crippen molar-refractivity contribution >= 4 is 35.6 Å². The van der Waals surface area contributed by atoms with E-state index in [1.807, 2.05) is 12.1 Å². The van der Waals surface area contributed by atoms with Crippen LogP contribution in [-0.2, 0) is 6.42 Å². The van der Waals surface area contributed by atoms with E-state index >= 15 is 0 Å². The summed E-state index contributed by atoms with van der Waals surface area (Å²) in [6.45, 7) is 2.06. The minimum absolute atomic E-state index is 0. The maximum Gasteiger partial charge on any atom is 0.193 e. The summed E-state index contributed by atoms with van der Waals surface area (Å²) in [4.78, 5) is 4.57. The smallest absolute Gasteiger partial charge is 0.193 e. The van der Waals surface area contributed by atoms with E-state index in [-0.39, 0.29) is 24.0 Å². The van der Waals surface area contributed by atoms with Crippen molar-refractivity contribution in [1.29, 1.82) is 0 Å². The van der Waals surface area contributed by atoms with Crippen LogP contribution in [0.3, 0.4) is 0 Å². The molecular weight excluding hydrogens is 385 g/mol. The van der Waals surface area contributed by atoms with Gasteiger partial charge in [-0.05, 0) is 48.9 Å². The largest absolute Gasteiger partial charge is 0.370 e. The molecule has 1 aliphatic carbocycles. The Bertz CT molecular complexity index is 640. The second kappa shape index (κ2) is 7.63. The maximum atomic E-state index is 5.99. The SMILES string of the molecule is Cc1cccc(NC(N)=NC2CC2Cc2ccccc2)c1.I. The lowest BCUT2D eigenvalue weighted by Crippen LogP contribution is -2.23. The highest BCUT2D eigenvalue weighted by Gasteiger charge is 2.36. The molecule has 2 aromatic carbocycles. The summed E-state index contributed by atoms with van der Waals surface area (Å²) in [6, 6.07) is 19.1. The van der Waals surface area contributed by atoms with Gasteiger partial charge in [0.2, 0.25) is 0 Å². The number of halogens is 1. The van der Waals surface area contributed by atoms with Gasteiger partial charge >= 0.3 is 0 Å². The van der Waals surface area contributed by atoms with Crippen LogP contribution in [0.2, 0.25) is 0 Å². The van der Waals surface area contributed by atoms with Crippen molar-refractivity contribution in [2.24, 2.45) is 16.6 Å². The number of nitrogens with zero attached hydrogens (tertiary/aromatic N) is 1. The van der Waals surface area contributed by atoms with Gasteiger partial charge in [-0.25, -0.2) is 4.99 Å². The molecule has 4 heteroatoms. The van der Waals surface area contributed by atoms with Gasteiger partial charge in [-0.1, -0.05) is 42.5 Å². The van der Waals surface area contributed by atoms with Crippen molar-refractivity contribution in [2.45, 2.75) is 25.8 Å². The zero-order valence-electron chi connectivity index (χ0n) is 12.7. The summed E-state index contributed by atoms with van der Waals surface area (Å²) in [5, 5.41) is 3.17. The zero-order chi connectivity index (χ0) is 14.7. The lowest BCUT2D eigenvalue weighted by molar-refractivity contribution is 0.786. The molecular formula is C18H22IN3. The third-order valence-electron chi connectivity index (χ3n) is 3.82. The molecule has 3 N–H and O–H groups in total. The van der Waals surface area contributed by atoms with E-state index in [2.05, 4.69) is 59.7 Å². The van der Waals surface area contributed by atoms with Crippen LogP contribution in [0, 0.1) is 12.8 Å². The fourth-order valence-corrected chi connectivity index (χ4v) is 2.61. The molecule has 0 aliphatic heterocycles. The van der Waals surface area contributed by atoms with E-state index in [0.717, 1.165) is 18.5 Å². The van der Waals surface area contributed by atoms with Crippen molar-refractivity contribution in [1.82, 2.24) is 0 Å². The quantitative estimate of drug-likeness (QED) is 0.458. The summed E-state index contributed by atoms with van der Waals surface area (Å²) >= 11 is 0. The Hall–Kier alpha value is -1.56. The molecule has 0 aromatic heterocycles. The second-order valence-electron chi connectivity index (χ2n) is 5.76. The molecule has 0 amide bonds. The Labute approximate surface area is 149 Å². The monoisotopic (exact) mass is 407 g/mol. The Balaban J connectivity index is 0.00000176. The van der Waals surface area contributed by atoms with Gasteiger partial charge in [0.15, 0.2) is 5.96 Å². The minimum Gasteiger partial charge on any atom is -0.370 e. The highest BCUT2D eigenvalue weighted by Crippen LogP contribution is 2.36. The molecule has 3 nitrogen and oxygen atoms in total. The van der Waals surface area contributed by atoms with E-state index in [0.29, 0.717) is 17.9 Å². The molecule has 2 aromatic rings. The van der Waals surface area contributed by atoms with Crippen molar-refractivity contribution in [2.75, 3.05) is 5.32 Å². The summed E-state index contributed by atoms with van der Waals surface area (Å²) in [7, 11) is 0. The summed E-state index contributed by atoms with van der Waals surface area (Å²) in [6.07, 6.45) is 2.22. The van der Waals surface area contributed by atoms with E-state index < -0.39 is 0 Å². The Morgan fingerprint density at radius 2 is 1.95 bits per heavy atom. The fourth-order valence-electron chi connectivity index (χ4n) is 2.61. The lowest BCUT2D eigenvalue weighted by Gasteiger charge is -2.06. The number of guanidine groups is 1. The van der Waals surface area contributed by atoms with Gasteiger partial charge in [0.05, 0.1) is 6.04 Å². The van der Waals surface area contributed by atoms with Crippen molar-refractivity contribution in [3.8, 4) is 0 Å². The average molecular weight is 407 g/mol. The van der Waals surface area contributed by atoms with Crippen LogP contribution in [-0.4, -0.2) is 12.0 Å². The van der Waals surface area contributed by atoms with E-state index in [4.69, 9.17) is 5.73 Å². The molecule has 2 atom stereocenters. The van der Waals surface area contributed by atoms with Gasteiger partial charge in [-0.15, -0.1) is 24.0 Å². The number of hydrogen-bond donors (Lipinski definition) is 2. The average Bonchev–Trinajstić information content (AvgIpc) is 3.17. The number of nitrogens with two attached hydrogens (primary N) is 1. The highest BCUT2D eigenvalue weighted by molar-refractivity contribution is 14.0. The van der Waals surface area contributed by atoms with Crippen molar-refractivity contribution in [3.05, 3.63) is 65.7 Å². The normalized spacial score (nSPS) is 20.1. The molecule has 0 saturated heterocycles. The van der Waals surface area contributed by atoms with Gasteiger partial charge < -0.3 is 11.1 Å². The number of hydrogen-bond acceptors (Lipinski definition) is 1. The zero-order valence-corrected chi connectivity index (χ0v) is 15.0. The first-order valence-electron chi connectivity index (χ1n) is 7.41.